The molecule has 4 nitrogen and oxygen atoms in total. The Hall–Kier alpha value is -2.23. The summed E-state index contributed by atoms with van der Waals surface area (Å²) in [7, 11) is 1.66. The number of methoxy groups -OCH3 is 1. The van der Waals surface area contributed by atoms with E-state index in [-0.39, 0.29) is 12.6 Å². The summed E-state index contributed by atoms with van der Waals surface area (Å²) in [5, 5.41) is 0.999. The predicted octanol–water partition coefficient (Wildman–Crippen LogP) is 4.33. The van der Waals surface area contributed by atoms with E-state index in [9.17, 15) is 4.79 Å². The Bertz CT molecular complexity index is 767. The van der Waals surface area contributed by atoms with Gasteiger partial charge in [-0.05, 0) is 30.4 Å². The van der Waals surface area contributed by atoms with E-state index in [0.29, 0.717) is 5.92 Å². The molecule has 2 aromatic rings. The third kappa shape index (κ3) is 2.19. The highest BCUT2D eigenvalue weighted by Crippen LogP contribution is 2.45. The van der Waals surface area contributed by atoms with Crippen LogP contribution in [0.2, 0.25) is 0 Å². The molecule has 0 saturated carbocycles. The minimum absolute atomic E-state index is 0.261. The van der Waals surface area contributed by atoms with Gasteiger partial charge in [-0.15, -0.1) is 0 Å². The number of allylic oxidation sites excluding steroid dienone is 1. The van der Waals surface area contributed by atoms with Crippen molar-refractivity contribution in [3.8, 4) is 5.75 Å². The van der Waals surface area contributed by atoms with Crippen molar-refractivity contribution in [1.82, 2.24) is 0 Å². The zero-order valence-corrected chi connectivity index (χ0v) is 13.4. The molecule has 4 heteroatoms. The lowest BCUT2D eigenvalue weighted by Crippen LogP contribution is -2.10. The minimum Gasteiger partial charge on any atom is -0.492 e. The van der Waals surface area contributed by atoms with Crippen LogP contribution in [0.15, 0.2) is 16.8 Å². The molecule has 1 aliphatic rings. The largest absolute Gasteiger partial charge is 0.492 e. The van der Waals surface area contributed by atoms with Crippen molar-refractivity contribution in [2.24, 2.45) is 0 Å². The molecule has 0 amide bonds. The second-order valence-corrected chi connectivity index (χ2v) is 5.78. The van der Waals surface area contributed by atoms with Gasteiger partial charge in [0.15, 0.2) is 11.3 Å². The lowest BCUT2D eigenvalue weighted by molar-refractivity contribution is -0.142. The van der Waals surface area contributed by atoms with Crippen LogP contribution in [0, 0.1) is 6.92 Å². The number of hydrogen-bond acceptors (Lipinski definition) is 4. The summed E-state index contributed by atoms with van der Waals surface area (Å²) in [6.07, 6.45) is 6.91. The number of furan rings is 1. The standard InChI is InChI=1S/C18H20O4/c1-10-6-5-7-13-15(10)14(9-21-12(3)19)16-11(2)8-22-18(16)17(13)20-4/h5,7-8,10H,6,9H2,1-4H3/t10-/m0/s1. The number of rotatable bonds is 3. The van der Waals surface area contributed by atoms with Crippen LogP contribution in [0.3, 0.4) is 0 Å². The van der Waals surface area contributed by atoms with Gasteiger partial charge in [-0.25, -0.2) is 0 Å². The Labute approximate surface area is 129 Å². The summed E-state index contributed by atoms with van der Waals surface area (Å²) in [6, 6.07) is 0. The fourth-order valence-corrected chi connectivity index (χ4v) is 3.29. The molecule has 116 valence electrons. The van der Waals surface area contributed by atoms with Crippen LogP contribution in [-0.2, 0) is 16.1 Å². The molecular weight excluding hydrogens is 280 g/mol. The second-order valence-electron chi connectivity index (χ2n) is 5.78. The molecule has 0 fully saturated rings. The van der Waals surface area contributed by atoms with Gasteiger partial charge in [-0.3, -0.25) is 4.79 Å². The molecular formula is C18H20O4. The molecule has 0 radical (unpaired) electrons. The van der Waals surface area contributed by atoms with Crippen molar-refractivity contribution in [1.29, 1.82) is 0 Å². The van der Waals surface area contributed by atoms with E-state index in [4.69, 9.17) is 13.9 Å². The number of esters is 1. The Balaban J connectivity index is 2.34. The smallest absolute Gasteiger partial charge is 0.302 e. The van der Waals surface area contributed by atoms with Crippen molar-refractivity contribution in [3.05, 3.63) is 34.6 Å². The molecule has 1 heterocycles. The molecule has 0 aliphatic heterocycles. The molecule has 0 N–H and O–H groups in total. The first-order valence-corrected chi connectivity index (χ1v) is 7.45. The Morgan fingerprint density at radius 1 is 1.45 bits per heavy atom. The zero-order chi connectivity index (χ0) is 15.9. The average molecular weight is 300 g/mol. The fourth-order valence-electron chi connectivity index (χ4n) is 3.29. The van der Waals surface area contributed by atoms with Crippen LogP contribution in [-0.4, -0.2) is 13.1 Å². The van der Waals surface area contributed by atoms with Gasteiger partial charge in [0.2, 0.25) is 0 Å². The van der Waals surface area contributed by atoms with Gasteiger partial charge < -0.3 is 13.9 Å². The first-order chi connectivity index (χ1) is 10.5. The van der Waals surface area contributed by atoms with E-state index in [1.54, 1.807) is 13.4 Å². The SMILES string of the molecule is COc1c2c(c(COC(C)=O)c3c(C)coc13)[C@@H](C)CC=C2. The molecule has 0 saturated heterocycles. The maximum Gasteiger partial charge on any atom is 0.302 e. The van der Waals surface area contributed by atoms with Crippen molar-refractivity contribution in [2.45, 2.75) is 39.7 Å². The van der Waals surface area contributed by atoms with Gasteiger partial charge in [0.25, 0.3) is 0 Å². The van der Waals surface area contributed by atoms with Gasteiger partial charge in [-0.2, -0.15) is 0 Å². The van der Waals surface area contributed by atoms with Crippen LogP contribution in [0.25, 0.3) is 17.0 Å². The number of aryl methyl sites for hydroxylation is 1. The third-order valence-corrected chi connectivity index (χ3v) is 4.23. The summed E-state index contributed by atoms with van der Waals surface area (Å²) in [6.45, 7) is 5.87. The monoisotopic (exact) mass is 300 g/mol. The Morgan fingerprint density at radius 2 is 2.23 bits per heavy atom. The first kappa shape index (κ1) is 14.7. The van der Waals surface area contributed by atoms with Crippen molar-refractivity contribution < 1.29 is 18.7 Å². The lowest BCUT2D eigenvalue weighted by Gasteiger charge is -2.24. The van der Waals surface area contributed by atoms with E-state index in [1.807, 2.05) is 6.92 Å². The molecule has 1 aromatic heterocycles. The molecule has 0 unspecified atom stereocenters. The van der Waals surface area contributed by atoms with E-state index < -0.39 is 0 Å². The number of hydrogen-bond donors (Lipinski definition) is 0. The molecule has 0 spiro atoms. The van der Waals surface area contributed by atoms with E-state index in [1.165, 1.54) is 12.5 Å². The van der Waals surface area contributed by atoms with Crippen LogP contribution in [0.5, 0.6) is 5.75 Å². The molecule has 1 aromatic carbocycles. The number of benzene rings is 1. The van der Waals surface area contributed by atoms with Gasteiger partial charge in [0, 0.05) is 23.4 Å². The number of ether oxygens (including phenoxy) is 2. The van der Waals surface area contributed by atoms with Crippen LogP contribution in [0.4, 0.5) is 0 Å². The van der Waals surface area contributed by atoms with E-state index in [0.717, 1.165) is 39.8 Å². The Morgan fingerprint density at radius 3 is 2.91 bits per heavy atom. The molecule has 0 bridgehead atoms. The summed E-state index contributed by atoms with van der Waals surface area (Å²) in [5.74, 6) is 0.823. The van der Waals surface area contributed by atoms with E-state index >= 15 is 0 Å². The topological polar surface area (TPSA) is 48.7 Å². The highest BCUT2D eigenvalue weighted by Gasteiger charge is 2.27. The Kier molecular flexibility index (Phi) is 3.69. The van der Waals surface area contributed by atoms with Crippen LogP contribution in [0.1, 0.15) is 48.4 Å². The summed E-state index contributed by atoms with van der Waals surface area (Å²) in [4.78, 5) is 11.3. The zero-order valence-electron chi connectivity index (χ0n) is 13.4. The number of carbonyl (C=O) groups excluding carboxylic acids is 1. The predicted molar refractivity (Wildman–Crippen MR) is 85.0 cm³/mol. The second kappa shape index (κ2) is 5.52. The number of fused-ring (bicyclic) bond motifs is 2. The number of carbonyl (C=O) groups is 1. The fraction of sp³-hybridized carbons (Fsp3) is 0.389. The highest BCUT2D eigenvalue weighted by molar-refractivity contribution is 5.95. The third-order valence-electron chi connectivity index (χ3n) is 4.23. The summed E-state index contributed by atoms with van der Waals surface area (Å²) < 4.78 is 16.6. The quantitative estimate of drug-likeness (QED) is 0.791. The van der Waals surface area contributed by atoms with E-state index in [2.05, 4.69) is 19.1 Å². The maximum atomic E-state index is 11.3. The summed E-state index contributed by atoms with van der Waals surface area (Å²) in [5.41, 5.74) is 5.01. The molecule has 1 aliphatic carbocycles. The van der Waals surface area contributed by atoms with Gasteiger partial charge in [-0.1, -0.05) is 19.1 Å². The average Bonchev–Trinajstić information content (AvgIpc) is 2.86. The van der Waals surface area contributed by atoms with Crippen LogP contribution >= 0.6 is 0 Å². The van der Waals surface area contributed by atoms with Crippen molar-refractivity contribution in [3.63, 3.8) is 0 Å². The molecule has 3 rings (SSSR count). The van der Waals surface area contributed by atoms with Gasteiger partial charge >= 0.3 is 5.97 Å². The maximum absolute atomic E-state index is 11.3. The lowest BCUT2D eigenvalue weighted by atomic mass is 9.82. The summed E-state index contributed by atoms with van der Waals surface area (Å²) >= 11 is 0. The normalized spacial score (nSPS) is 16.6. The highest BCUT2D eigenvalue weighted by atomic mass is 16.5. The van der Waals surface area contributed by atoms with Gasteiger partial charge in [0.1, 0.15) is 6.61 Å². The minimum atomic E-state index is -0.280. The van der Waals surface area contributed by atoms with Crippen LogP contribution < -0.4 is 4.74 Å². The van der Waals surface area contributed by atoms with Crippen molar-refractivity contribution in [2.75, 3.05) is 7.11 Å². The molecule has 1 atom stereocenters. The first-order valence-electron chi connectivity index (χ1n) is 7.45. The van der Waals surface area contributed by atoms with Crippen molar-refractivity contribution >= 4 is 23.0 Å². The van der Waals surface area contributed by atoms with Gasteiger partial charge in [0.05, 0.1) is 13.4 Å². The molecule has 22 heavy (non-hydrogen) atoms.